The summed E-state index contributed by atoms with van der Waals surface area (Å²) in [6.45, 7) is 2.62. The predicted octanol–water partition coefficient (Wildman–Crippen LogP) is 3.21. The van der Waals surface area contributed by atoms with Crippen LogP contribution in [0.5, 0.6) is 0 Å². The first-order valence-corrected chi connectivity index (χ1v) is 9.22. The van der Waals surface area contributed by atoms with Gasteiger partial charge in [-0.1, -0.05) is 50.1 Å². The van der Waals surface area contributed by atoms with Gasteiger partial charge in [-0.15, -0.1) is 0 Å². The van der Waals surface area contributed by atoms with Crippen LogP contribution < -0.4 is 10.9 Å². The molecule has 1 aliphatic carbocycles. The second-order valence-electron chi connectivity index (χ2n) is 6.81. The van der Waals surface area contributed by atoms with Crippen molar-refractivity contribution < 1.29 is 9.59 Å². The lowest BCUT2D eigenvalue weighted by atomic mass is 9.81. The quantitative estimate of drug-likeness (QED) is 0.784. The molecule has 0 radical (unpaired) electrons. The summed E-state index contributed by atoms with van der Waals surface area (Å²) in [6, 6.07) is 11.3. The van der Waals surface area contributed by atoms with E-state index in [1.54, 1.807) is 0 Å². The molecular formula is C21H24N2O3. The van der Waals surface area contributed by atoms with Gasteiger partial charge in [-0.3, -0.25) is 14.4 Å². The highest BCUT2D eigenvalue weighted by atomic mass is 16.2. The number of Topliss-reactive ketones (excluding diaryl/α,β-unsaturated/α-hetero) is 1. The number of hydrogen-bond donors (Lipinski definition) is 2. The van der Waals surface area contributed by atoms with Gasteiger partial charge in [-0.05, 0) is 30.4 Å². The van der Waals surface area contributed by atoms with Gasteiger partial charge in [0, 0.05) is 24.2 Å². The summed E-state index contributed by atoms with van der Waals surface area (Å²) in [5.74, 6) is -0.389. The molecule has 2 N–H and O–H groups in total. The van der Waals surface area contributed by atoms with Crippen molar-refractivity contribution >= 4 is 11.7 Å². The summed E-state index contributed by atoms with van der Waals surface area (Å²) in [5, 5.41) is 2.76. The average Bonchev–Trinajstić information content (AvgIpc) is 2.65. The molecule has 0 saturated carbocycles. The number of pyridine rings is 1. The van der Waals surface area contributed by atoms with Crippen molar-refractivity contribution in [3.63, 3.8) is 0 Å². The van der Waals surface area contributed by atoms with Crippen LogP contribution >= 0.6 is 0 Å². The molecule has 1 aromatic heterocycles. The largest absolute Gasteiger partial charge is 0.352 e. The number of carbonyl (C=O) groups excluding carboxylic acids is 2. The lowest BCUT2D eigenvalue weighted by molar-refractivity contribution is 0.0951. The second-order valence-corrected chi connectivity index (χ2v) is 6.81. The average molecular weight is 352 g/mol. The summed E-state index contributed by atoms with van der Waals surface area (Å²) in [6.07, 6.45) is 3.95. The Morgan fingerprint density at radius 3 is 2.65 bits per heavy atom. The predicted molar refractivity (Wildman–Crippen MR) is 101 cm³/mol. The summed E-state index contributed by atoms with van der Waals surface area (Å²) >= 11 is 0. The Morgan fingerprint density at radius 1 is 1.15 bits per heavy atom. The topological polar surface area (TPSA) is 79.0 Å². The van der Waals surface area contributed by atoms with Gasteiger partial charge in [0.1, 0.15) is 5.56 Å². The highest BCUT2D eigenvalue weighted by Gasteiger charge is 2.28. The Morgan fingerprint density at radius 2 is 1.92 bits per heavy atom. The lowest BCUT2D eigenvalue weighted by Gasteiger charge is -2.24. The SMILES string of the molecule is CCCCCNC(=O)c1cc2c([nH]c1=O)CC(c1ccccc1)CC2=O. The Kier molecular flexibility index (Phi) is 5.66. The molecule has 1 unspecified atom stereocenters. The summed E-state index contributed by atoms with van der Waals surface area (Å²) in [4.78, 5) is 40.0. The fourth-order valence-electron chi connectivity index (χ4n) is 3.43. The van der Waals surface area contributed by atoms with Crippen LogP contribution in [-0.2, 0) is 6.42 Å². The summed E-state index contributed by atoms with van der Waals surface area (Å²) in [7, 11) is 0. The van der Waals surface area contributed by atoms with Crippen molar-refractivity contribution in [2.24, 2.45) is 0 Å². The standard InChI is InChI=1S/C21H24N2O3/c1-2-3-7-10-22-20(25)17-13-16-18(23-21(17)26)11-15(12-19(16)24)14-8-5-4-6-9-14/h4-6,8-9,13,15H,2-3,7,10-12H2,1H3,(H,22,25)(H,23,26). The number of amides is 1. The number of fused-ring (bicyclic) bond motifs is 1. The number of H-pyrrole nitrogens is 1. The molecule has 1 amide bonds. The van der Waals surface area contributed by atoms with Crippen molar-refractivity contribution in [1.29, 1.82) is 0 Å². The van der Waals surface area contributed by atoms with Crippen LogP contribution in [0, 0.1) is 0 Å². The molecule has 0 fully saturated rings. The summed E-state index contributed by atoms with van der Waals surface area (Å²) in [5.41, 5.74) is 1.77. The smallest absolute Gasteiger partial charge is 0.261 e. The molecule has 1 heterocycles. The number of nitrogens with one attached hydrogen (secondary N) is 2. The van der Waals surface area contributed by atoms with Crippen molar-refractivity contribution in [2.75, 3.05) is 6.54 Å². The van der Waals surface area contributed by atoms with E-state index in [-0.39, 0.29) is 17.3 Å². The molecule has 136 valence electrons. The molecule has 26 heavy (non-hydrogen) atoms. The zero-order valence-corrected chi connectivity index (χ0v) is 15.0. The van der Waals surface area contributed by atoms with Gasteiger partial charge in [-0.2, -0.15) is 0 Å². The number of aromatic nitrogens is 1. The Hall–Kier alpha value is -2.69. The van der Waals surface area contributed by atoms with E-state index >= 15 is 0 Å². The van der Waals surface area contributed by atoms with E-state index in [0.29, 0.717) is 30.6 Å². The fraction of sp³-hybridized carbons (Fsp3) is 0.381. The van der Waals surface area contributed by atoms with E-state index in [1.807, 2.05) is 30.3 Å². The van der Waals surface area contributed by atoms with E-state index in [4.69, 9.17) is 0 Å². The van der Waals surface area contributed by atoms with Crippen molar-refractivity contribution in [1.82, 2.24) is 10.3 Å². The molecule has 3 rings (SSSR count). The van der Waals surface area contributed by atoms with E-state index < -0.39 is 11.5 Å². The third kappa shape index (κ3) is 3.93. The monoisotopic (exact) mass is 352 g/mol. The van der Waals surface area contributed by atoms with Gasteiger partial charge in [0.2, 0.25) is 0 Å². The fourth-order valence-corrected chi connectivity index (χ4v) is 3.43. The van der Waals surface area contributed by atoms with E-state index in [1.165, 1.54) is 6.07 Å². The highest BCUT2D eigenvalue weighted by Crippen LogP contribution is 2.31. The first kappa shape index (κ1) is 18.1. The van der Waals surface area contributed by atoms with Gasteiger partial charge in [-0.25, -0.2) is 0 Å². The van der Waals surface area contributed by atoms with Crippen molar-refractivity contribution in [2.45, 2.75) is 44.9 Å². The first-order chi connectivity index (χ1) is 12.6. The normalized spacial score (nSPS) is 16.2. The minimum atomic E-state index is -0.432. The number of carbonyl (C=O) groups is 2. The minimum Gasteiger partial charge on any atom is -0.352 e. The minimum absolute atomic E-state index is 0.0201. The molecule has 0 saturated heterocycles. The van der Waals surface area contributed by atoms with Crippen LogP contribution in [0.3, 0.4) is 0 Å². The second kappa shape index (κ2) is 8.13. The Labute approximate surface area is 152 Å². The van der Waals surface area contributed by atoms with Gasteiger partial charge < -0.3 is 10.3 Å². The molecule has 1 aromatic carbocycles. The third-order valence-electron chi connectivity index (χ3n) is 4.89. The molecule has 5 heteroatoms. The Bertz CT molecular complexity index is 855. The van der Waals surface area contributed by atoms with Crippen LogP contribution in [0.25, 0.3) is 0 Å². The van der Waals surface area contributed by atoms with Gasteiger partial charge in [0.15, 0.2) is 5.78 Å². The molecule has 0 spiro atoms. The maximum absolute atomic E-state index is 12.6. The first-order valence-electron chi connectivity index (χ1n) is 9.22. The highest BCUT2D eigenvalue weighted by molar-refractivity contribution is 6.02. The molecule has 0 aliphatic heterocycles. The molecular weight excluding hydrogens is 328 g/mol. The molecule has 1 aliphatic rings. The van der Waals surface area contributed by atoms with Crippen molar-refractivity contribution in [3.8, 4) is 0 Å². The van der Waals surface area contributed by atoms with Gasteiger partial charge >= 0.3 is 0 Å². The molecule has 1 atom stereocenters. The maximum atomic E-state index is 12.6. The summed E-state index contributed by atoms with van der Waals surface area (Å²) < 4.78 is 0. The Balaban J connectivity index is 1.80. The lowest BCUT2D eigenvalue weighted by Crippen LogP contribution is -2.33. The van der Waals surface area contributed by atoms with Gasteiger partial charge in [0.05, 0.1) is 0 Å². The molecule has 5 nitrogen and oxygen atoms in total. The van der Waals surface area contributed by atoms with Gasteiger partial charge in [0.25, 0.3) is 11.5 Å². The van der Waals surface area contributed by atoms with Crippen LogP contribution in [0.2, 0.25) is 0 Å². The van der Waals surface area contributed by atoms with Crippen LogP contribution in [0.15, 0.2) is 41.2 Å². The van der Waals surface area contributed by atoms with Crippen LogP contribution in [-0.4, -0.2) is 23.2 Å². The molecule has 0 bridgehead atoms. The maximum Gasteiger partial charge on any atom is 0.261 e. The number of aromatic amines is 1. The van der Waals surface area contributed by atoms with Crippen LogP contribution in [0.4, 0.5) is 0 Å². The van der Waals surface area contributed by atoms with E-state index in [0.717, 1.165) is 24.8 Å². The van der Waals surface area contributed by atoms with Crippen LogP contribution in [0.1, 0.15) is 70.5 Å². The number of hydrogen-bond acceptors (Lipinski definition) is 3. The number of benzene rings is 1. The zero-order chi connectivity index (χ0) is 18.5. The van der Waals surface area contributed by atoms with E-state index in [2.05, 4.69) is 17.2 Å². The zero-order valence-electron chi connectivity index (χ0n) is 15.0. The third-order valence-corrected chi connectivity index (χ3v) is 4.89. The number of unbranched alkanes of at least 4 members (excludes halogenated alkanes) is 2. The number of rotatable bonds is 6. The van der Waals surface area contributed by atoms with Crippen molar-refractivity contribution in [3.05, 3.63) is 69.1 Å². The van der Waals surface area contributed by atoms with E-state index in [9.17, 15) is 14.4 Å². The molecule has 2 aromatic rings. The number of ketones is 1.